The van der Waals surface area contributed by atoms with Gasteiger partial charge in [0.1, 0.15) is 5.56 Å². The van der Waals surface area contributed by atoms with E-state index in [2.05, 4.69) is 25.2 Å². The molecule has 2 rings (SSSR count). The molecule has 2 N–H and O–H groups in total. The first-order valence-electron chi connectivity index (χ1n) is 7.52. The summed E-state index contributed by atoms with van der Waals surface area (Å²) in [6.07, 6.45) is -1.75. The first-order valence-corrected chi connectivity index (χ1v) is 7.52. The summed E-state index contributed by atoms with van der Waals surface area (Å²) in [5.74, 6) is -1.54. The van der Waals surface area contributed by atoms with E-state index >= 15 is 0 Å². The Kier molecular flexibility index (Phi) is 5.42. The molecule has 0 saturated heterocycles. The third kappa shape index (κ3) is 3.34. The molecule has 0 aliphatic heterocycles. The molecule has 0 radical (unpaired) electrons. The Morgan fingerprint density at radius 3 is 2.58 bits per heavy atom. The van der Waals surface area contributed by atoms with Gasteiger partial charge in [0.25, 0.3) is 17.9 Å². The van der Waals surface area contributed by atoms with Crippen molar-refractivity contribution in [2.75, 3.05) is 0 Å². The standard InChI is InChI=1S/C15H18F2N4O3/c1-4-8-9(14(22)20-19-10(8)5-2)6-18-15(23)11-7(3)21-24-12(11)13(16)17/h13H,4-6H2,1-3H3,(H,18,23)(H,20,22). The molecular formula is C15H18F2N4O3. The van der Waals surface area contributed by atoms with Crippen LogP contribution in [0.4, 0.5) is 8.78 Å². The van der Waals surface area contributed by atoms with E-state index in [1.807, 2.05) is 13.8 Å². The van der Waals surface area contributed by atoms with Crippen LogP contribution >= 0.6 is 0 Å². The van der Waals surface area contributed by atoms with Crippen molar-refractivity contribution in [3.8, 4) is 0 Å². The highest BCUT2D eigenvalue weighted by Gasteiger charge is 2.27. The molecular weight excluding hydrogens is 322 g/mol. The summed E-state index contributed by atoms with van der Waals surface area (Å²) in [5, 5.41) is 12.3. The van der Waals surface area contributed by atoms with Crippen LogP contribution in [0.3, 0.4) is 0 Å². The first-order chi connectivity index (χ1) is 11.4. The molecule has 24 heavy (non-hydrogen) atoms. The number of aromatic nitrogens is 3. The monoisotopic (exact) mass is 340 g/mol. The maximum absolute atomic E-state index is 12.9. The number of alkyl halides is 2. The molecule has 0 spiro atoms. The van der Waals surface area contributed by atoms with E-state index in [-0.39, 0.29) is 17.8 Å². The molecule has 0 fully saturated rings. The summed E-state index contributed by atoms with van der Waals surface area (Å²) in [6.45, 7) is 5.08. The molecule has 2 aromatic heterocycles. The molecule has 7 nitrogen and oxygen atoms in total. The fourth-order valence-corrected chi connectivity index (χ4v) is 2.53. The quantitative estimate of drug-likeness (QED) is 0.838. The summed E-state index contributed by atoms with van der Waals surface area (Å²) in [5.41, 5.74) is 1.19. The number of rotatable bonds is 6. The average Bonchev–Trinajstić information content (AvgIpc) is 2.95. The van der Waals surface area contributed by atoms with Crippen molar-refractivity contribution in [1.82, 2.24) is 20.7 Å². The number of halogens is 2. The van der Waals surface area contributed by atoms with Crippen molar-refractivity contribution in [3.05, 3.63) is 44.2 Å². The van der Waals surface area contributed by atoms with Gasteiger partial charge in [-0.3, -0.25) is 9.59 Å². The zero-order valence-electron chi connectivity index (χ0n) is 13.6. The van der Waals surface area contributed by atoms with Gasteiger partial charge in [-0.05, 0) is 25.3 Å². The SMILES string of the molecule is CCc1n[nH]c(=O)c(CNC(=O)c2c(C)noc2C(F)F)c1CC. The van der Waals surface area contributed by atoms with Gasteiger partial charge in [-0.15, -0.1) is 0 Å². The van der Waals surface area contributed by atoms with Crippen molar-refractivity contribution in [2.24, 2.45) is 0 Å². The summed E-state index contributed by atoms with van der Waals surface area (Å²) in [7, 11) is 0. The predicted molar refractivity (Wildman–Crippen MR) is 81.0 cm³/mol. The van der Waals surface area contributed by atoms with Gasteiger partial charge < -0.3 is 9.84 Å². The second kappa shape index (κ2) is 7.33. The maximum atomic E-state index is 12.9. The molecule has 2 heterocycles. The highest BCUT2D eigenvalue weighted by Crippen LogP contribution is 2.25. The smallest absolute Gasteiger partial charge is 0.298 e. The molecule has 1 amide bonds. The van der Waals surface area contributed by atoms with E-state index < -0.39 is 23.7 Å². The number of carbonyl (C=O) groups excluding carboxylic acids is 1. The van der Waals surface area contributed by atoms with Crippen molar-refractivity contribution in [1.29, 1.82) is 0 Å². The van der Waals surface area contributed by atoms with Crippen molar-refractivity contribution < 1.29 is 18.1 Å². The van der Waals surface area contributed by atoms with E-state index in [1.54, 1.807) is 0 Å². The van der Waals surface area contributed by atoms with Crippen LogP contribution in [0.25, 0.3) is 0 Å². The highest BCUT2D eigenvalue weighted by molar-refractivity contribution is 5.96. The fourth-order valence-electron chi connectivity index (χ4n) is 2.53. The lowest BCUT2D eigenvalue weighted by Gasteiger charge is -2.11. The van der Waals surface area contributed by atoms with Crippen molar-refractivity contribution >= 4 is 5.91 Å². The minimum Gasteiger partial charge on any atom is -0.354 e. The molecule has 0 saturated carbocycles. The number of aromatic amines is 1. The number of hydrogen-bond acceptors (Lipinski definition) is 5. The lowest BCUT2D eigenvalue weighted by atomic mass is 10.0. The number of carbonyl (C=O) groups is 1. The van der Waals surface area contributed by atoms with Crippen LogP contribution in [0.5, 0.6) is 0 Å². The average molecular weight is 340 g/mol. The number of nitrogens with zero attached hydrogens (tertiary/aromatic N) is 2. The number of nitrogens with one attached hydrogen (secondary N) is 2. The van der Waals surface area contributed by atoms with Crippen molar-refractivity contribution in [2.45, 2.75) is 46.6 Å². The van der Waals surface area contributed by atoms with Crippen LogP contribution in [0.15, 0.2) is 9.32 Å². The number of H-pyrrole nitrogens is 1. The normalized spacial score (nSPS) is 11.1. The highest BCUT2D eigenvalue weighted by atomic mass is 19.3. The predicted octanol–water partition coefficient (Wildman–Crippen LogP) is 2.06. The number of amides is 1. The van der Waals surface area contributed by atoms with Gasteiger partial charge in [0.2, 0.25) is 5.76 Å². The fraction of sp³-hybridized carbons (Fsp3) is 0.467. The molecule has 2 aromatic rings. The van der Waals surface area contributed by atoms with Crippen LogP contribution in [0, 0.1) is 6.92 Å². The molecule has 130 valence electrons. The van der Waals surface area contributed by atoms with E-state index in [0.29, 0.717) is 18.4 Å². The molecule has 0 bridgehead atoms. The van der Waals surface area contributed by atoms with E-state index in [1.165, 1.54) is 6.92 Å². The Hall–Kier alpha value is -2.58. The summed E-state index contributed by atoms with van der Waals surface area (Å²) in [6, 6.07) is 0. The van der Waals surface area contributed by atoms with Gasteiger partial charge in [0.05, 0.1) is 11.4 Å². The Morgan fingerprint density at radius 1 is 1.29 bits per heavy atom. The Labute approximate surface area is 136 Å². The Bertz CT molecular complexity index is 799. The first kappa shape index (κ1) is 17.8. The van der Waals surface area contributed by atoms with Crippen LogP contribution in [-0.2, 0) is 19.4 Å². The zero-order valence-corrected chi connectivity index (χ0v) is 13.6. The molecule has 0 aliphatic rings. The van der Waals surface area contributed by atoms with E-state index in [4.69, 9.17) is 0 Å². The van der Waals surface area contributed by atoms with Gasteiger partial charge in [-0.2, -0.15) is 5.10 Å². The largest absolute Gasteiger partial charge is 0.354 e. The minimum absolute atomic E-state index is 0.0661. The molecule has 0 unspecified atom stereocenters. The van der Waals surface area contributed by atoms with Gasteiger partial charge >= 0.3 is 0 Å². The second-order valence-corrected chi connectivity index (χ2v) is 5.15. The van der Waals surface area contributed by atoms with E-state index in [0.717, 1.165) is 11.3 Å². The zero-order chi connectivity index (χ0) is 17.9. The van der Waals surface area contributed by atoms with Crippen LogP contribution in [0.1, 0.15) is 58.9 Å². The minimum atomic E-state index is -2.95. The number of hydrogen-bond donors (Lipinski definition) is 2. The third-order valence-electron chi connectivity index (χ3n) is 3.71. The van der Waals surface area contributed by atoms with Crippen LogP contribution in [0.2, 0.25) is 0 Å². The number of aryl methyl sites for hydroxylation is 2. The molecule has 9 heteroatoms. The summed E-state index contributed by atoms with van der Waals surface area (Å²) in [4.78, 5) is 24.2. The van der Waals surface area contributed by atoms with Gasteiger partial charge in [-0.1, -0.05) is 19.0 Å². The van der Waals surface area contributed by atoms with Crippen LogP contribution < -0.4 is 10.9 Å². The molecule has 0 aromatic carbocycles. The lowest BCUT2D eigenvalue weighted by Crippen LogP contribution is -2.30. The Morgan fingerprint density at radius 2 is 2.00 bits per heavy atom. The molecule has 0 atom stereocenters. The Balaban J connectivity index is 2.28. The summed E-state index contributed by atoms with van der Waals surface area (Å²) < 4.78 is 30.2. The van der Waals surface area contributed by atoms with Gasteiger partial charge in [-0.25, -0.2) is 13.9 Å². The lowest BCUT2D eigenvalue weighted by molar-refractivity contribution is 0.0906. The maximum Gasteiger partial charge on any atom is 0.298 e. The van der Waals surface area contributed by atoms with Gasteiger partial charge in [0.15, 0.2) is 0 Å². The van der Waals surface area contributed by atoms with E-state index in [9.17, 15) is 18.4 Å². The van der Waals surface area contributed by atoms with Crippen LogP contribution in [-0.4, -0.2) is 21.3 Å². The van der Waals surface area contributed by atoms with Gasteiger partial charge in [0, 0.05) is 12.1 Å². The molecule has 0 aliphatic carbocycles. The van der Waals surface area contributed by atoms with Crippen molar-refractivity contribution in [3.63, 3.8) is 0 Å². The topological polar surface area (TPSA) is 101 Å². The second-order valence-electron chi connectivity index (χ2n) is 5.15. The third-order valence-corrected chi connectivity index (χ3v) is 3.71. The summed E-state index contributed by atoms with van der Waals surface area (Å²) >= 11 is 0.